The number of thioether (sulfide) groups is 1. The van der Waals surface area contributed by atoms with Gasteiger partial charge in [0, 0.05) is 23.0 Å². The monoisotopic (exact) mass is 540 g/mol. The average Bonchev–Trinajstić information content (AvgIpc) is 3.52. The second-order valence-electron chi connectivity index (χ2n) is 8.31. The minimum absolute atomic E-state index is 0.184. The molecule has 194 valence electrons. The summed E-state index contributed by atoms with van der Waals surface area (Å²) in [5, 5.41) is 26.5. The molecule has 1 aliphatic rings. The predicted molar refractivity (Wildman–Crippen MR) is 148 cm³/mol. The fraction of sp³-hybridized carbons (Fsp3) is 0.0357. The van der Waals surface area contributed by atoms with Gasteiger partial charge in [0.05, 0.1) is 34.5 Å². The van der Waals surface area contributed by atoms with Gasteiger partial charge in [-0.2, -0.15) is 10.1 Å². The number of nitrogens with one attached hydrogen (secondary N) is 1. The van der Waals surface area contributed by atoms with Crippen LogP contribution in [0, 0.1) is 0 Å². The van der Waals surface area contributed by atoms with Crippen LogP contribution in [0.15, 0.2) is 88.9 Å². The number of aromatic nitrogens is 2. The van der Waals surface area contributed by atoms with Gasteiger partial charge >= 0.3 is 11.9 Å². The Morgan fingerprint density at radius 2 is 1.64 bits per heavy atom. The van der Waals surface area contributed by atoms with Crippen molar-refractivity contribution in [2.45, 2.75) is 0 Å². The number of hydrogen-bond acceptors (Lipinski definition) is 7. The lowest BCUT2D eigenvalue weighted by molar-refractivity contribution is -0.113. The molecule has 39 heavy (non-hydrogen) atoms. The predicted octanol–water partition coefficient (Wildman–Crippen LogP) is 5.03. The molecule has 1 amide bonds. The number of rotatable bonds is 7. The summed E-state index contributed by atoms with van der Waals surface area (Å²) < 4.78 is 6.98. The number of hydrogen-bond donors (Lipinski definition) is 3. The van der Waals surface area contributed by atoms with Crippen molar-refractivity contribution in [2.24, 2.45) is 4.99 Å². The lowest BCUT2D eigenvalue weighted by Gasteiger charge is -2.07. The van der Waals surface area contributed by atoms with E-state index in [0.29, 0.717) is 21.9 Å². The van der Waals surface area contributed by atoms with Crippen LogP contribution in [0.3, 0.4) is 0 Å². The summed E-state index contributed by atoms with van der Waals surface area (Å²) in [6, 6.07) is 20.5. The van der Waals surface area contributed by atoms with E-state index < -0.39 is 17.8 Å². The highest BCUT2D eigenvalue weighted by Crippen LogP contribution is 2.33. The van der Waals surface area contributed by atoms with E-state index in [9.17, 15) is 24.6 Å². The molecule has 4 aromatic rings. The summed E-state index contributed by atoms with van der Waals surface area (Å²) in [5.41, 5.74) is 2.75. The molecule has 1 aromatic heterocycles. The lowest BCUT2D eigenvalue weighted by Crippen LogP contribution is -2.09. The smallest absolute Gasteiger partial charge is 0.335 e. The number of carboxylic acid groups (broad SMARTS) is 2. The van der Waals surface area contributed by atoms with Crippen LogP contribution in [0.5, 0.6) is 5.75 Å². The zero-order valence-corrected chi connectivity index (χ0v) is 21.2. The number of carbonyl (C=O) groups excluding carboxylic acids is 1. The molecule has 0 bridgehead atoms. The van der Waals surface area contributed by atoms with Crippen molar-refractivity contribution in [1.29, 1.82) is 0 Å². The zero-order chi connectivity index (χ0) is 27.5. The molecule has 0 saturated heterocycles. The first-order valence-electron chi connectivity index (χ1n) is 11.5. The fourth-order valence-corrected chi connectivity index (χ4v) is 4.68. The van der Waals surface area contributed by atoms with Crippen LogP contribution in [0.2, 0.25) is 0 Å². The number of benzene rings is 3. The van der Waals surface area contributed by atoms with Crippen molar-refractivity contribution in [2.75, 3.05) is 12.4 Å². The van der Waals surface area contributed by atoms with Crippen LogP contribution in [0.1, 0.15) is 26.3 Å². The second-order valence-corrected chi connectivity index (χ2v) is 9.34. The molecule has 3 N–H and O–H groups in total. The summed E-state index contributed by atoms with van der Waals surface area (Å²) >= 11 is 1.05. The Morgan fingerprint density at radius 1 is 0.974 bits per heavy atom. The SMILES string of the molecule is COc1ccc(-c2nn(-c3ccccc3)cc2/C=C2\SC(Nc3cc(C(=O)O)cc(C(=O)O)c3)=NC2=O)cc1. The van der Waals surface area contributed by atoms with E-state index in [2.05, 4.69) is 10.3 Å². The van der Waals surface area contributed by atoms with E-state index in [1.165, 1.54) is 12.1 Å². The number of nitrogens with zero attached hydrogens (tertiary/aromatic N) is 3. The molecule has 0 spiro atoms. The number of amides is 1. The highest BCUT2D eigenvalue weighted by Gasteiger charge is 2.24. The number of methoxy groups -OCH3 is 1. The van der Waals surface area contributed by atoms with Crippen molar-refractivity contribution < 1.29 is 29.3 Å². The Bertz CT molecular complexity index is 1630. The van der Waals surface area contributed by atoms with Gasteiger partial charge in [-0.3, -0.25) is 4.79 Å². The van der Waals surface area contributed by atoms with Gasteiger partial charge in [0.2, 0.25) is 0 Å². The number of anilines is 1. The van der Waals surface area contributed by atoms with Crippen LogP contribution in [0.4, 0.5) is 5.69 Å². The summed E-state index contributed by atoms with van der Waals surface area (Å²) in [7, 11) is 1.59. The quantitative estimate of drug-likeness (QED) is 0.275. The maximum absolute atomic E-state index is 12.8. The van der Waals surface area contributed by atoms with E-state index in [1.54, 1.807) is 17.9 Å². The van der Waals surface area contributed by atoms with Gasteiger partial charge in [-0.25, -0.2) is 14.3 Å². The first kappa shape index (κ1) is 25.5. The van der Waals surface area contributed by atoms with Crippen molar-refractivity contribution in [3.05, 3.63) is 101 Å². The Labute approximate surface area is 226 Å². The molecule has 0 saturated carbocycles. The molecule has 3 aromatic carbocycles. The van der Waals surface area contributed by atoms with E-state index in [4.69, 9.17) is 9.84 Å². The second kappa shape index (κ2) is 10.7. The third-order valence-corrected chi connectivity index (χ3v) is 6.61. The fourth-order valence-electron chi connectivity index (χ4n) is 3.85. The van der Waals surface area contributed by atoms with Gasteiger partial charge in [0.1, 0.15) is 5.75 Å². The van der Waals surface area contributed by atoms with Gasteiger partial charge in [-0.05, 0) is 72.4 Å². The van der Waals surface area contributed by atoms with Crippen molar-refractivity contribution >= 4 is 46.5 Å². The summed E-state index contributed by atoms with van der Waals surface area (Å²) in [4.78, 5) is 40.0. The van der Waals surface area contributed by atoms with Crippen LogP contribution >= 0.6 is 11.8 Å². The Kier molecular flexibility index (Phi) is 6.98. The Balaban J connectivity index is 1.47. The minimum Gasteiger partial charge on any atom is -0.497 e. The summed E-state index contributed by atoms with van der Waals surface area (Å²) in [6.07, 6.45) is 3.50. The van der Waals surface area contributed by atoms with Crippen molar-refractivity contribution in [1.82, 2.24) is 9.78 Å². The molecule has 0 aliphatic carbocycles. The molecule has 2 heterocycles. The molecule has 10 nitrogen and oxygen atoms in total. The highest BCUT2D eigenvalue weighted by molar-refractivity contribution is 8.18. The van der Waals surface area contributed by atoms with Crippen LogP contribution in [-0.2, 0) is 4.79 Å². The third kappa shape index (κ3) is 5.58. The molecule has 0 unspecified atom stereocenters. The number of carbonyl (C=O) groups is 3. The number of aromatic carboxylic acids is 2. The van der Waals surface area contributed by atoms with Gasteiger partial charge in [-0.15, -0.1) is 0 Å². The van der Waals surface area contributed by atoms with E-state index in [-0.39, 0.29) is 22.0 Å². The molecule has 11 heteroatoms. The van der Waals surface area contributed by atoms with Gasteiger partial charge in [0.15, 0.2) is 5.17 Å². The highest BCUT2D eigenvalue weighted by atomic mass is 32.2. The van der Waals surface area contributed by atoms with Gasteiger partial charge in [-0.1, -0.05) is 18.2 Å². The number of ether oxygens (including phenoxy) is 1. The van der Waals surface area contributed by atoms with Gasteiger partial charge < -0.3 is 20.3 Å². The number of aliphatic imine (C=N–C) groups is 1. The number of amidine groups is 1. The Morgan fingerprint density at radius 3 is 2.26 bits per heavy atom. The van der Waals surface area contributed by atoms with Crippen molar-refractivity contribution in [3.63, 3.8) is 0 Å². The van der Waals surface area contributed by atoms with Crippen molar-refractivity contribution in [3.8, 4) is 22.7 Å². The Hall–Kier alpha value is -5.16. The minimum atomic E-state index is -1.28. The van der Waals surface area contributed by atoms with Crippen LogP contribution in [-0.4, -0.2) is 50.1 Å². The molecule has 5 rings (SSSR count). The topological polar surface area (TPSA) is 143 Å². The van der Waals surface area contributed by atoms with Gasteiger partial charge in [0.25, 0.3) is 5.91 Å². The molecule has 1 aliphatic heterocycles. The third-order valence-electron chi connectivity index (χ3n) is 5.71. The molecular formula is C28H20N4O6S. The number of para-hydroxylation sites is 1. The molecule has 0 atom stereocenters. The van der Waals surface area contributed by atoms with E-state index in [1.807, 2.05) is 60.8 Å². The normalized spacial score (nSPS) is 13.8. The molecule has 0 fully saturated rings. The molecule has 0 radical (unpaired) electrons. The first-order chi connectivity index (χ1) is 18.8. The zero-order valence-electron chi connectivity index (χ0n) is 20.4. The summed E-state index contributed by atoms with van der Waals surface area (Å²) in [6.45, 7) is 0. The first-order valence-corrected chi connectivity index (χ1v) is 12.3. The average molecular weight is 541 g/mol. The largest absolute Gasteiger partial charge is 0.497 e. The van der Waals surface area contributed by atoms with E-state index >= 15 is 0 Å². The maximum atomic E-state index is 12.8. The standard InChI is InChI=1S/C28H20N4O6S/c1-38-22-9-7-16(8-10-22)24-19(15-32(31-24)21-5-3-2-4-6-21)14-23-25(33)30-28(39-23)29-20-12-17(26(34)35)11-18(13-20)27(36)37/h2-15H,1H3,(H,34,35)(H,36,37)(H,29,30,33)/b23-14-. The maximum Gasteiger partial charge on any atom is 0.335 e. The van der Waals surface area contributed by atoms with Crippen LogP contribution < -0.4 is 10.1 Å². The molecular weight excluding hydrogens is 520 g/mol. The van der Waals surface area contributed by atoms with E-state index in [0.717, 1.165) is 29.1 Å². The van der Waals surface area contributed by atoms with Crippen LogP contribution in [0.25, 0.3) is 23.0 Å². The number of carboxylic acids is 2. The lowest BCUT2D eigenvalue weighted by atomic mass is 10.1. The summed E-state index contributed by atoms with van der Waals surface area (Å²) in [5.74, 6) is -2.35.